The van der Waals surface area contributed by atoms with Crippen molar-refractivity contribution in [2.24, 2.45) is 0 Å². The first kappa shape index (κ1) is 28.3. The number of imide groups is 1. The number of nitrogens with zero attached hydrogens (tertiary/aromatic N) is 2. The maximum absolute atomic E-state index is 16.0. The van der Waals surface area contributed by atoms with Crippen LogP contribution in [0.4, 0.5) is 9.18 Å². The standard InChI is InChI=1S/C27H41FN2O5Si/c1-26(2,3)35-25(33)29-15-12-21(13-16-29)20-7-9-22(10-8-20)27(28)14-11-23(31)30(24(27)32)19-34-17-18-36(4,5)6/h7-10,21H,11-19H2,1-6H3. The lowest BCUT2D eigenvalue weighted by atomic mass is 9.84. The van der Waals surface area contributed by atoms with Crippen LogP contribution < -0.4 is 0 Å². The number of ether oxygens (including phenoxy) is 2. The quantitative estimate of drug-likeness (QED) is 0.272. The number of benzene rings is 1. The van der Waals surface area contributed by atoms with Crippen LogP contribution in [0.5, 0.6) is 0 Å². The zero-order chi connectivity index (χ0) is 26.7. The molecule has 200 valence electrons. The van der Waals surface area contributed by atoms with Crippen molar-refractivity contribution in [1.82, 2.24) is 9.80 Å². The van der Waals surface area contributed by atoms with Gasteiger partial charge in [-0.3, -0.25) is 14.5 Å². The van der Waals surface area contributed by atoms with Crippen LogP contribution >= 0.6 is 0 Å². The smallest absolute Gasteiger partial charge is 0.410 e. The summed E-state index contributed by atoms with van der Waals surface area (Å²) in [6, 6.07) is 7.95. The molecule has 0 aromatic heterocycles. The molecule has 0 aliphatic carbocycles. The van der Waals surface area contributed by atoms with E-state index < -0.39 is 31.2 Å². The van der Waals surface area contributed by atoms with Crippen molar-refractivity contribution >= 4 is 26.0 Å². The number of alkyl halides is 1. The van der Waals surface area contributed by atoms with Crippen molar-refractivity contribution in [3.63, 3.8) is 0 Å². The zero-order valence-electron chi connectivity index (χ0n) is 22.6. The van der Waals surface area contributed by atoms with Gasteiger partial charge in [-0.2, -0.15) is 0 Å². The first-order chi connectivity index (χ1) is 16.7. The van der Waals surface area contributed by atoms with E-state index in [-0.39, 0.29) is 37.1 Å². The molecule has 36 heavy (non-hydrogen) atoms. The third kappa shape index (κ3) is 7.15. The fourth-order valence-electron chi connectivity index (χ4n) is 4.52. The number of hydrogen-bond acceptors (Lipinski definition) is 5. The summed E-state index contributed by atoms with van der Waals surface area (Å²) in [5.74, 6) is -0.993. The predicted octanol–water partition coefficient (Wildman–Crippen LogP) is 5.43. The minimum absolute atomic E-state index is 0.0372. The average Bonchev–Trinajstić information content (AvgIpc) is 2.79. The molecule has 9 heteroatoms. The van der Waals surface area contributed by atoms with Crippen LogP contribution in [0.1, 0.15) is 63.5 Å². The molecule has 1 unspecified atom stereocenters. The Morgan fingerprint density at radius 2 is 1.72 bits per heavy atom. The molecule has 2 fully saturated rings. The molecule has 0 radical (unpaired) electrons. The molecule has 7 nitrogen and oxygen atoms in total. The topological polar surface area (TPSA) is 76.2 Å². The lowest BCUT2D eigenvalue weighted by Crippen LogP contribution is -2.52. The van der Waals surface area contributed by atoms with Gasteiger partial charge in [-0.05, 0) is 56.7 Å². The van der Waals surface area contributed by atoms with Gasteiger partial charge in [0.15, 0.2) is 0 Å². The lowest BCUT2D eigenvalue weighted by molar-refractivity contribution is -0.166. The van der Waals surface area contributed by atoms with Crippen LogP contribution in [0, 0.1) is 0 Å². The number of rotatable bonds is 7. The monoisotopic (exact) mass is 520 g/mol. The Balaban J connectivity index is 1.60. The van der Waals surface area contributed by atoms with Gasteiger partial charge >= 0.3 is 6.09 Å². The number of hydrogen-bond donors (Lipinski definition) is 0. The highest BCUT2D eigenvalue weighted by molar-refractivity contribution is 6.76. The first-order valence-electron chi connectivity index (χ1n) is 12.9. The van der Waals surface area contributed by atoms with Crippen LogP contribution in [0.25, 0.3) is 0 Å². The van der Waals surface area contributed by atoms with Gasteiger partial charge in [-0.1, -0.05) is 43.9 Å². The number of carbonyl (C=O) groups excluding carboxylic acids is 3. The summed E-state index contributed by atoms with van der Waals surface area (Å²) >= 11 is 0. The van der Waals surface area contributed by atoms with Crippen LogP contribution in [-0.2, 0) is 24.7 Å². The van der Waals surface area contributed by atoms with Gasteiger partial charge in [0, 0.05) is 40.6 Å². The number of likely N-dealkylation sites (tertiary alicyclic amines) is 2. The molecule has 3 amide bonds. The molecule has 0 N–H and O–H groups in total. The van der Waals surface area contributed by atoms with E-state index in [2.05, 4.69) is 19.6 Å². The van der Waals surface area contributed by atoms with Crippen molar-refractivity contribution in [3.05, 3.63) is 35.4 Å². The van der Waals surface area contributed by atoms with E-state index in [4.69, 9.17) is 9.47 Å². The summed E-state index contributed by atoms with van der Waals surface area (Å²) in [5.41, 5.74) is -1.45. The van der Waals surface area contributed by atoms with Crippen molar-refractivity contribution in [2.75, 3.05) is 26.4 Å². The predicted molar refractivity (Wildman–Crippen MR) is 139 cm³/mol. The van der Waals surface area contributed by atoms with E-state index in [1.165, 1.54) is 0 Å². The second-order valence-corrected chi connectivity index (χ2v) is 17.8. The highest BCUT2D eigenvalue weighted by Gasteiger charge is 2.49. The van der Waals surface area contributed by atoms with Crippen molar-refractivity contribution in [2.45, 2.75) is 89.3 Å². The van der Waals surface area contributed by atoms with Crippen LogP contribution in [0.2, 0.25) is 25.7 Å². The maximum Gasteiger partial charge on any atom is 0.410 e. The second-order valence-electron chi connectivity index (χ2n) is 12.1. The van der Waals surface area contributed by atoms with E-state index in [1.54, 1.807) is 17.0 Å². The Labute approximate surface area is 215 Å². The molecule has 2 aliphatic heterocycles. The van der Waals surface area contributed by atoms with Crippen LogP contribution in [0.15, 0.2) is 24.3 Å². The summed E-state index contributed by atoms with van der Waals surface area (Å²) in [6.45, 7) is 13.6. The number of carbonyl (C=O) groups is 3. The van der Waals surface area contributed by atoms with E-state index in [1.807, 2.05) is 32.9 Å². The Morgan fingerprint density at radius 3 is 2.28 bits per heavy atom. The first-order valence-corrected chi connectivity index (χ1v) is 16.6. The molecule has 2 aliphatic rings. The van der Waals surface area contributed by atoms with Gasteiger partial charge in [-0.25, -0.2) is 9.18 Å². The molecular formula is C27H41FN2O5Si. The lowest BCUT2D eigenvalue weighted by Gasteiger charge is -2.36. The fourth-order valence-corrected chi connectivity index (χ4v) is 5.28. The molecule has 0 spiro atoms. The summed E-state index contributed by atoms with van der Waals surface area (Å²) in [7, 11) is -1.31. The second kappa shape index (κ2) is 11.0. The van der Waals surface area contributed by atoms with Gasteiger partial charge in [0.25, 0.3) is 5.91 Å². The summed E-state index contributed by atoms with van der Waals surface area (Å²) in [4.78, 5) is 40.4. The maximum atomic E-state index is 16.0. The largest absolute Gasteiger partial charge is 0.444 e. The molecule has 0 bridgehead atoms. The van der Waals surface area contributed by atoms with E-state index in [9.17, 15) is 14.4 Å². The normalized spacial score (nSPS) is 22.2. The number of amides is 3. The molecule has 0 saturated carbocycles. The SMILES string of the molecule is CC(C)(C)OC(=O)N1CCC(c2ccc(C3(F)CCC(=O)N(COCC[Si](C)(C)C)C3=O)cc2)CC1. The Morgan fingerprint density at radius 1 is 1.11 bits per heavy atom. The number of halogens is 1. The van der Waals surface area contributed by atoms with Gasteiger partial charge in [0.05, 0.1) is 0 Å². The third-order valence-corrected chi connectivity index (χ3v) is 8.48. The summed E-state index contributed by atoms with van der Waals surface area (Å²) in [6.07, 6.45) is 1.08. The molecule has 2 saturated heterocycles. The highest BCUT2D eigenvalue weighted by Crippen LogP contribution is 2.38. The molecular weight excluding hydrogens is 479 g/mol. The van der Waals surface area contributed by atoms with Crippen molar-refractivity contribution in [3.8, 4) is 0 Å². The zero-order valence-corrected chi connectivity index (χ0v) is 23.6. The highest BCUT2D eigenvalue weighted by atomic mass is 28.3. The molecule has 1 atom stereocenters. The molecule has 1 aromatic carbocycles. The van der Waals surface area contributed by atoms with Crippen molar-refractivity contribution in [1.29, 1.82) is 0 Å². The van der Waals surface area contributed by atoms with Crippen LogP contribution in [-0.4, -0.2) is 67.8 Å². The van der Waals surface area contributed by atoms with Gasteiger partial charge in [0.2, 0.25) is 11.6 Å². The van der Waals surface area contributed by atoms with E-state index in [0.717, 1.165) is 29.3 Å². The molecule has 1 aromatic rings. The summed E-state index contributed by atoms with van der Waals surface area (Å²) < 4.78 is 27.1. The minimum Gasteiger partial charge on any atom is -0.444 e. The number of piperidine rings is 2. The van der Waals surface area contributed by atoms with Crippen LogP contribution in [0.3, 0.4) is 0 Å². The van der Waals surface area contributed by atoms with Gasteiger partial charge < -0.3 is 14.4 Å². The van der Waals surface area contributed by atoms with Gasteiger partial charge in [0.1, 0.15) is 12.3 Å². The summed E-state index contributed by atoms with van der Waals surface area (Å²) in [5, 5.41) is 0. The average molecular weight is 521 g/mol. The Hall–Kier alpha value is -2.26. The minimum atomic E-state index is -2.24. The fraction of sp³-hybridized carbons (Fsp3) is 0.667. The Bertz CT molecular complexity index is 948. The third-order valence-electron chi connectivity index (χ3n) is 6.77. The molecule has 2 heterocycles. The molecule has 3 rings (SSSR count). The van der Waals surface area contributed by atoms with E-state index >= 15 is 4.39 Å². The van der Waals surface area contributed by atoms with Gasteiger partial charge in [-0.15, -0.1) is 0 Å². The Kier molecular flexibility index (Phi) is 8.65. The van der Waals surface area contributed by atoms with Crippen molar-refractivity contribution < 1.29 is 28.2 Å². The van der Waals surface area contributed by atoms with E-state index in [0.29, 0.717) is 19.7 Å².